The van der Waals surface area contributed by atoms with Gasteiger partial charge >= 0.3 is 0 Å². The molecule has 0 unspecified atom stereocenters. The molecule has 1 fully saturated rings. The van der Waals surface area contributed by atoms with E-state index in [1.807, 2.05) is 4.57 Å². The lowest BCUT2D eigenvalue weighted by atomic mass is 9.97. The molecule has 0 aromatic carbocycles. The van der Waals surface area contributed by atoms with Crippen LogP contribution in [0.3, 0.4) is 0 Å². The highest BCUT2D eigenvalue weighted by atomic mass is 35.5. The maximum atomic E-state index is 6.50. The van der Waals surface area contributed by atoms with Crippen LogP contribution in [0.15, 0.2) is 18.5 Å². The van der Waals surface area contributed by atoms with Gasteiger partial charge in [-0.15, -0.1) is 0 Å². The summed E-state index contributed by atoms with van der Waals surface area (Å²) in [5.41, 5.74) is 8.19. The molecule has 1 aliphatic carbocycles. The SMILES string of the molecule is C=C1[C@H](CO[Si](C)(C)C(C)(C)C)[C@@H](C)C[C@@H]1n1cnc2c(Cl)nc(N)nc21. The predicted octanol–water partition coefficient (Wildman–Crippen LogP) is 4.84. The third-order valence-corrected chi connectivity index (χ3v) is 11.1. The van der Waals surface area contributed by atoms with E-state index in [9.17, 15) is 0 Å². The number of anilines is 1. The van der Waals surface area contributed by atoms with E-state index in [0.717, 1.165) is 18.6 Å². The molecule has 0 bridgehead atoms. The molecule has 3 rings (SSSR count). The molecule has 0 aliphatic heterocycles. The van der Waals surface area contributed by atoms with Crippen molar-refractivity contribution in [2.24, 2.45) is 11.8 Å². The van der Waals surface area contributed by atoms with Gasteiger partial charge in [0.1, 0.15) is 5.52 Å². The Kier molecular flexibility index (Phi) is 5.16. The number of hydrogen-bond acceptors (Lipinski definition) is 5. The van der Waals surface area contributed by atoms with Gasteiger partial charge in [-0.1, -0.05) is 45.9 Å². The van der Waals surface area contributed by atoms with Gasteiger partial charge in [-0.25, -0.2) is 4.98 Å². The first-order valence-electron chi connectivity index (χ1n) is 9.40. The fourth-order valence-electron chi connectivity index (χ4n) is 3.48. The van der Waals surface area contributed by atoms with Crippen LogP contribution in [0.4, 0.5) is 5.95 Å². The van der Waals surface area contributed by atoms with Gasteiger partial charge < -0.3 is 14.7 Å². The smallest absolute Gasteiger partial charge is 0.223 e. The minimum atomic E-state index is -1.79. The summed E-state index contributed by atoms with van der Waals surface area (Å²) >= 11 is 6.17. The lowest BCUT2D eigenvalue weighted by Gasteiger charge is -2.37. The third-order valence-electron chi connectivity index (χ3n) is 6.35. The zero-order chi connectivity index (χ0) is 20.1. The van der Waals surface area contributed by atoms with Gasteiger partial charge in [0.2, 0.25) is 5.95 Å². The van der Waals surface area contributed by atoms with Crippen LogP contribution in [0.5, 0.6) is 0 Å². The minimum absolute atomic E-state index is 0.114. The molecule has 0 spiro atoms. The molecule has 148 valence electrons. The van der Waals surface area contributed by atoms with E-state index in [-0.39, 0.29) is 22.2 Å². The molecule has 2 aromatic heterocycles. The van der Waals surface area contributed by atoms with Crippen molar-refractivity contribution in [2.45, 2.75) is 58.3 Å². The van der Waals surface area contributed by atoms with Crippen LogP contribution < -0.4 is 5.73 Å². The number of aromatic nitrogens is 4. The first kappa shape index (κ1) is 20.3. The second kappa shape index (κ2) is 6.86. The Labute approximate surface area is 167 Å². The number of nitrogens with zero attached hydrogens (tertiary/aromatic N) is 4. The number of rotatable bonds is 4. The van der Waals surface area contributed by atoms with E-state index in [2.05, 4.69) is 62.3 Å². The summed E-state index contributed by atoms with van der Waals surface area (Å²) in [4.78, 5) is 12.7. The Balaban J connectivity index is 1.84. The van der Waals surface area contributed by atoms with Crippen molar-refractivity contribution >= 4 is 37.0 Å². The molecule has 6 nitrogen and oxygen atoms in total. The molecule has 0 saturated heterocycles. The molecule has 0 amide bonds. The highest BCUT2D eigenvalue weighted by molar-refractivity contribution is 6.74. The lowest BCUT2D eigenvalue weighted by Crippen LogP contribution is -2.42. The molecule has 2 aromatic rings. The first-order valence-corrected chi connectivity index (χ1v) is 12.7. The van der Waals surface area contributed by atoms with Crippen LogP contribution in [0, 0.1) is 11.8 Å². The molecule has 27 heavy (non-hydrogen) atoms. The molecule has 2 N–H and O–H groups in total. The van der Waals surface area contributed by atoms with Gasteiger partial charge in [0, 0.05) is 12.5 Å². The Morgan fingerprint density at radius 1 is 1.37 bits per heavy atom. The van der Waals surface area contributed by atoms with Crippen molar-refractivity contribution < 1.29 is 4.43 Å². The molecule has 2 heterocycles. The van der Waals surface area contributed by atoms with Crippen molar-refractivity contribution in [3.05, 3.63) is 23.6 Å². The van der Waals surface area contributed by atoms with Crippen LogP contribution in [-0.2, 0) is 4.43 Å². The molecule has 0 radical (unpaired) electrons. The molecule has 3 atom stereocenters. The van der Waals surface area contributed by atoms with E-state index in [0.29, 0.717) is 23.0 Å². The summed E-state index contributed by atoms with van der Waals surface area (Å²) in [6, 6.07) is 0.114. The molecular weight excluding hydrogens is 378 g/mol. The number of hydrogen-bond donors (Lipinski definition) is 1. The van der Waals surface area contributed by atoms with Crippen LogP contribution in [0.25, 0.3) is 11.2 Å². The highest BCUT2D eigenvalue weighted by Crippen LogP contribution is 2.45. The summed E-state index contributed by atoms with van der Waals surface area (Å²) in [6.07, 6.45) is 2.74. The fraction of sp³-hybridized carbons (Fsp3) is 0.632. The molecular formula is C19H30ClN5OSi. The maximum absolute atomic E-state index is 6.50. The summed E-state index contributed by atoms with van der Waals surface area (Å²) in [7, 11) is -1.79. The van der Waals surface area contributed by atoms with Crippen LogP contribution in [-0.4, -0.2) is 34.4 Å². The van der Waals surface area contributed by atoms with Crippen molar-refractivity contribution in [3.8, 4) is 0 Å². The fourth-order valence-corrected chi connectivity index (χ4v) is 4.73. The second-order valence-electron chi connectivity index (χ2n) is 9.18. The number of imidazole rings is 1. The zero-order valence-electron chi connectivity index (χ0n) is 17.1. The lowest BCUT2D eigenvalue weighted by molar-refractivity contribution is 0.223. The molecule has 8 heteroatoms. The summed E-state index contributed by atoms with van der Waals surface area (Å²) in [6.45, 7) is 18.8. The number of halogens is 1. The number of nitrogens with two attached hydrogens (primary N) is 1. The van der Waals surface area contributed by atoms with Gasteiger partial charge in [0.25, 0.3) is 0 Å². The third kappa shape index (κ3) is 3.64. The summed E-state index contributed by atoms with van der Waals surface area (Å²) < 4.78 is 8.53. The first-order chi connectivity index (χ1) is 12.4. The van der Waals surface area contributed by atoms with E-state index in [1.54, 1.807) is 6.33 Å². The maximum Gasteiger partial charge on any atom is 0.223 e. The van der Waals surface area contributed by atoms with Gasteiger partial charge in [-0.05, 0) is 36.0 Å². The summed E-state index contributed by atoms with van der Waals surface area (Å²) in [5, 5.41) is 0.479. The van der Waals surface area contributed by atoms with Gasteiger partial charge in [0.15, 0.2) is 19.1 Å². The average Bonchev–Trinajstić information content (AvgIpc) is 3.06. The second-order valence-corrected chi connectivity index (χ2v) is 14.3. The van der Waals surface area contributed by atoms with Crippen molar-refractivity contribution in [1.82, 2.24) is 19.5 Å². The van der Waals surface area contributed by atoms with Crippen molar-refractivity contribution in [3.63, 3.8) is 0 Å². The van der Waals surface area contributed by atoms with Crippen LogP contribution in [0.1, 0.15) is 40.2 Å². The van der Waals surface area contributed by atoms with E-state index in [4.69, 9.17) is 21.8 Å². The van der Waals surface area contributed by atoms with Gasteiger partial charge in [-0.3, -0.25) is 0 Å². The molecule has 1 aliphatic rings. The Bertz CT molecular complexity index is 873. The largest absolute Gasteiger partial charge is 0.416 e. The average molecular weight is 408 g/mol. The van der Waals surface area contributed by atoms with Gasteiger partial charge in [0.05, 0.1) is 12.4 Å². The Morgan fingerprint density at radius 2 is 2.04 bits per heavy atom. The molecule has 1 saturated carbocycles. The van der Waals surface area contributed by atoms with Crippen LogP contribution in [0.2, 0.25) is 23.3 Å². The minimum Gasteiger partial charge on any atom is -0.416 e. The van der Waals surface area contributed by atoms with Crippen LogP contribution >= 0.6 is 11.6 Å². The standard InChI is InChI=1S/C19H30ClN5OSi/c1-11-8-14(12(2)13(11)9-26-27(6,7)19(3,4)5)25-10-22-15-16(20)23-18(21)24-17(15)25/h10-11,13-14H,2,8-9H2,1,3-7H3,(H2,21,23,24)/t11-,13+,14-/m0/s1. The van der Waals surface area contributed by atoms with E-state index < -0.39 is 8.32 Å². The monoisotopic (exact) mass is 407 g/mol. The Morgan fingerprint density at radius 3 is 2.67 bits per heavy atom. The van der Waals surface area contributed by atoms with Crippen molar-refractivity contribution in [1.29, 1.82) is 0 Å². The van der Waals surface area contributed by atoms with E-state index in [1.165, 1.54) is 0 Å². The topological polar surface area (TPSA) is 78.8 Å². The normalized spacial score (nSPS) is 24.1. The quantitative estimate of drug-likeness (QED) is 0.445. The number of nitrogen functional groups attached to an aromatic ring is 1. The number of fused-ring (bicyclic) bond motifs is 1. The summed E-state index contributed by atoms with van der Waals surface area (Å²) in [5.74, 6) is 0.944. The van der Waals surface area contributed by atoms with Crippen molar-refractivity contribution in [2.75, 3.05) is 12.3 Å². The van der Waals surface area contributed by atoms with Gasteiger partial charge in [-0.2, -0.15) is 9.97 Å². The zero-order valence-corrected chi connectivity index (χ0v) is 18.8. The highest BCUT2D eigenvalue weighted by Gasteiger charge is 2.41. The van der Waals surface area contributed by atoms with E-state index >= 15 is 0 Å². The Hall–Kier alpha value is -1.44. The predicted molar refractivity (Wildman–Crippen MR) is 113 cm³/mol.